The van der Waals surface area contributed by atoms with Crippen LogP contribution in [-0.4, -0.2) is 13.1 Å². The Morgan fingerprint density at radius 1 is 1.11 bits per heavy atom. The minimum Gasteiger partial charge on any atom is -0.316 e. The highest BCUT2D eigenvalue weighted by molar-refractivity contribution is 7.12. The van der Waals surface area contributed by atoms with Crippen LogP contribution in [0.2, 0.25) is 0 Å². The molecule has 0 bridgehead atoms. The van der Waals surface area contributed by atoms with Gasteiger partial charge in [0.2, 0.25) is 0 Å². The normalized spacial score (nSPS) is 23.5. The summed E-state index contributed by atoms with van der Waals surface area (Å²) in [4.78, 5) is 2.95. The molecule has 0 amide bonds. The van der Waals surface area contributed by atoms with Crippen molar-refractivity contribution >= 4 is 11.3 Å². The van der Waals surface area contributed by atoms with E-state index >= 15 is 0 Å². The summed E-state index contributed by atoms with van der Waals surface area (Å²) in [5.41, 5.74) is 3.06. The van der Waals surface area contributed by atoms with E-state index < -0.39 is 0 Å². The number of rotatable bonds is 2. The second-order valence-corrected chi connectivity index (χ2v) is 6.95. The van der Waals surface area contributed by atoms with E-state index in [1.165, 1.54) is 21.7 Å². The zero-order valence-corrected chi connectivity index (χ0v) is 12.5. The molecule has 2 unspecified atom stereocenters. The number of thiophene rings is 1. The molecule has 1 aliphatic rings. The Labute approximate surface area is 119 Å². The largest absolute Gasteiger partial charge is 0.316 e. The van der Waals surface area contributed by atoms with Crippen LogP contribution < -0.4 is 5.32 Å². The first-order chi connectivity index (χ1) is 9.25. The van der Waals surface area contributed by atoms with Gasteiger partial charge in [-0.3, -0.25) is 0 Å². The summed E-state index contributed by atoms with van der Waals surface area (Å²) in [6.07, 6.45) is 1.25. The van der Waals surface area contributed by atoms with E-state index in [9.17, 15) is 0 Å². The minimum absolute atomic E-state index is 0.614. The predicted octanol–water partition coefficient (Wildman–Crippen LogP) is 4.23. The summed E-state index contributed by atoms with van der Waals surface area (Å²) in [6, 6.07) is 13.4. The van der Waals surface area contributed by atoms with E-state index in [2.05, 4.69) is 55.6 Å². The number of aryl methyl sites for hydroxylation is 2. The maximum atomic E-state index is 3.56. The van der Waals surface area contributed by atoms with Crippen molar-refractivity contribution in [1.82, 2.24) is 5.32 Å². The first-order valence-electron chi connectivity index (χ1n) is 7.08. The van der Waals surface area contributed by atoms with Crippen LogP contribution in [0, 0.1) is 13.8 Å². The minimum atomic E-state index is 0.614. The zero-order chi connectivity index (χ0) is 13.2. The molecular formula is C17H21NS. The molecule has 100 valence electrons. The fourth-order valence-corrected chi connectivity index (χ4v) is 4.30. The molecule has 2 heterocycles. The van der Waals surface area contributed by atoms with Gasteiger partial charge >= 0.3 is 0 Å². The van der Waals surface area contributed by atoms with Gasteiger partial charge in [0.15, 0.2) is 0 Å². The van der Waals surface area contributed by atoms with E-state index in [-0.39, 0.29) is 0 Å². The molecule has 0 spiro atoms. The van der Waals surface area contributed by atoms with E-state index in [1.54, 1.807) is 5.56 Å². The van der Waals surface area contributed by atoms with Crippen LogP contribution in [0.5, 0.6) is 0 Å². The van der Waals surface area contributed by atoms with Crippen LogP contribution in [0.1, 0.15) is 39.1 Å². The third-order valence-electron chi connectivity index (χ3n) is 4.19. The molecule has 19 heavy (non-hydrogen) atoms. The van der Waals surface area contributed by atoms with E-state index in [0.717, 1.165) is 13.1 Å². The van der Waals surface area contributed by atoms with Gasteiger partial charge in [0, 0.05) is 22.2 Å². The molecule has 2 aromatic rings. The van der Waals surface area contributed by atoms with Crippen LogP contribution >= 0.6 is 11.3 Å². The van der Waals surface area contributed by atoms with Crippen molar-refractivity contribution in [3.63, 3.8) is 0 Å². The molecule has 1 N–H and O–H groups in total. The first kappa shape index (κ1) is 12.9. The number of hydrogen-bond acceptors (Lipinski definition) is 2. The Bertz CT molecular complexity index is 544. The van der Waals surface area contributed by atoms with E-state index in [4.69, 9.17) is 0 Å². The van der Waals surface area contributed by atoms with Gasteiger partial charge in [-0.25, -0.2) is 0 Å². The van der Waals surface area contributed by atoms with Crippen molar-refractivity contribution < 1.29 is 0 Å². The maximum Gasteiger partial charge on any atom is 0.00520 e. The lowest BCUT2D eigenvalue weighted by Gasteiger charge is -2.33. The van der Waals surface area contributed by atoms with Gasteiger partial charge in [0.25, 0.3) is 0 Å². The summed E-state index contributed by atoms with van der Waals surface area (Å²) >= 11 is 1.94. The van der Waals surface area contributed by atoms with Gasteiger partial charge in [0.05, 0.1) is 0 Å². The van der Waals surface area contributed by atoms with Crippen molar-refractivity contribution in [3.8, 4) is 0 Å². The monoisotopic (exact) mass is 271 g/mol. The summed E-state index contributed by atoms with van der Waals surface area (Å²) < 4.78 is 0. The van der Waals surface area contributed by atoms with Gasteiger partial charge < -0.3 is 5.32 Å². The van der Waals surface area contributed by atoms with Crippen LogP contribution in [0.25, 0.3) is 0 Å². The highest BCUT2D eigenvalue weighted by atomic mass is 32.1. The molecule has 1 fully saturated rings. The van der Waals surface area contributed by atoms with E-state index in [0.29, 0.717) is 11.8 Å². The lowest BCUT2D eigenvalue weighted by molar-refractivity contribution is 0.404. The summed E-state index contributed by atoms with van der Waals surface area (Å²) in [5.74, 6) is 1.29. The molecule has 1 aromatic carbocycles. The molecule has 1 saturated heterocycles. The fraction of sp³-hybridized carbons (Fsp3) is 0.412. The van der Waals surface area contributed by atoms with Crippen molar-refractivity contribution in [1.29, 1.82) is 0 Å². The molecule has 1 aliphatic heterocycles. The Morgan fingerprint density at radius 2 is 1.89 bits per heavy atom. The number of hydrogen-bond donors (Lipinski definition) is 1. The molecule has 3 rings (SSSR count). The predicted molar refractivity (Wildman–Crippen MR) is 83.2 cm³/mol. The van der Waals surface area contributed by atoms with Crippen LogP contribution in [0.4, 0.5) is 0 Å². The molecule has 0 saturated carbocycles. The number of benzene rings is 1. The second-order valence-electron chi connectivity index (χ2n) is 5.49. The smallest absolute Gasteiger partial charge is 0.00520 e. The molecule has 0 radical (unpaired) electrons. The SMILES string of the molecule is Cc1cc(C2CCNCC2c2ccccc2)c(C)s1. The highest BCUT2D eigenvalue weighted by Crippen LogP contribution is 2.40. The Balaban J connectivity index is 1.96. The molecule has 2 atom stereocenters. The summed E-state index contributed by atoms with van der Waals surface area (Å²) in [5, 5.41) is 3.56. The Kier molecular flexibility index (Phi) is 3.72. The Morgan fingerprint density at radius 3 is 2.58 bits per heavy atom. The summed E-state index contributed by atoms with van der Waals surface area (Å²) in [7, 11) is 0. The van der Waals surface area contributed by atoms with Gasteiger partial charge in [-0.2, -0.15) is 0 Å². The van der Waals surface area contributed by atoms with Gasteiger partial charge in [-0.1, -0.05) is 30.3 Å². The maximum absolute atomic E-state index is 3.56. The highest BCUT2D eigenvalue weighted by Gasteiger charge is 2.29. The fourth-order valence-electron chi connectivity index (χ4n) is 3.30. The third kappa shape index (κ3) is 2.60. The lowest BCUT2D eigenvalue weighted by atomic mass is 9.77. The van der Waals surface area contributed by atoms with Gasteiger partial charge in [-0.15, -0.1) is 11.3 Å². The third-order valence-corrected chi connectivity index (χ3v) is 5.17. The standard InChI is InChI=1S/C17H21NS/c1-12-10-16(13(2)19-12)15-8-9-18-11-17(15)14-6-4-3-5-7-14/h3-7,10,15,17-18H,8-9,11H2,1-2H3. The van der Waals surface area contributed by atoms with Crippen molar-refractivity contribution in [2.24, 2.45) is 0 Å². The zero-order valence-electron chi connectivity index (χ0n) is 11.6. The lowest BCUT2D eigenvalue weighted by Crippen LogP contribution is -2.34. The van der Waals surface area contributed by atoms with Crippen molar-refractivity contribution in [3.05, 3.63) is 57.3 Å². The van der Waals surface area contributed by atoms with Crippen molar-refractivity contribution in [2.75, 3.05) is 13.1 Å². The molecular weight excluding hydrogens is 250 g/mol. The average Bonchev–Trinajstić information content (AvgIpc) is 2.79. The van der Waals surface area contributed by atoms with Crippen LogP contribution in [-0.2, 0) is 0 Å². The Hall–Kier alpha value is -1.12. The quantitative estimate of drug-likeness (QED) is 0.862. The number of piperidine rings is 1. The van der Waals surface area contributed by atoms with E-state index in [1.807, 2.05) is 11.3 Å². The molecule has 1 nitrogen and oxygen atoms in total. The first-order valence-corrected chi connectivity index (χ1v) is 7.90. The molecule has 0 aliphatic carbocycles. The number of nitrogens with one attached hydrogen (secondary N) is 1. The van der Waals surface area contributed by atoms with Crippen LogP contribution in [0.3, 0.4) is 0 Å². The molecule has 2 heteroatoms. The van der Waals surface area contributed by atoms with Crippen molar-refractivity contribution in [2.45, 2.75) is 32.1 Å². The summed E-state index contributed by atoms with van der Waals surface area (Å²) in [6.45, 7) is 6.74. The average molecular weight is 271 g/mol. The topological polar surface area (TPSA) is 12.0 Å². The molecule has 1 aromatic heterocycles. The van der Waals surface area contributed by atoms with Gasteiger partial charge in [-0.05, 0) is 49.9 Å². The van der Waals surface area contributed by atoms with Crippen LogP contribution in [0.15, 0.2) is 36.4 Å². The second kappa shape index (κ2) is 5.48. The van der Waals surface area contributed by atoms with Gasteiger partial charge in [0.1, 0.15) is 0 Å².